The highest BCUT2D eigenvalue weighted by Crippen LogP contribution is 2.36. The van der Waals surface area contributed by atoms with E-state index in [4.69, 9.17) is 16.3 Å². The molecule has 1 N–H and O–H groups in total. The van der Waals surface area contributed by atoms with Gasteiger partial charge in [0.05, 0.1) is 35.6 Å². The lowest BCUT2D eigenvalue weighted by Gasteiger charge is -2.24. The van der Waals surface area contributed by atoms with Gasteiger partial charge in [0.25, 0.3) is 5.91 Å². The maximum Gasteiger partial charge on any atom is 0.416 e. The lowest BCUT2D eigenvalue weighted by atomic mass is 10.1. The molecule has 0 aliphatic rings. The third-order valence-corrected chi connectivity index (χ3v) is 6.33. The number of anilines is 1. The van der Waals surface area contributed by atoms with E-state index < -0.39 is 21.8 Å². The monoisotopic (exact) mass is 526 g/mol. The molecule has 3 rings (SSSR count). The Balaban J connectivity index is 1.68. The van der Waals surface area contributed by atoms with Gasteiger partial charge in [-0.1, -0.05) is 41.9 Å². The van der Waals surface area contributed by atoms with Gasteiger partial charge in [-0.2, -0.15) is 13.2 Å². The number of alkyl halides is 3. The summed E-state index contributed by atoms with van der Waals surface area (Å²) < 4.78 is 70.5. The summed E-state index contributed by atoms with van der Waals surface area (Å²) in [5, 5.41) is 2.57. The van der Waals surface area contributed by atoms with Gasteiger partial charge >= 0.3 is 6.18 Å². The molecule has 35 heavy (non-hydrogen) atoms. The first-order valence-corrected chi connectivity index (χ1v) is 12.6. The van der Waals surface area contributed by atoms with E-state index >= 15 is 0 Å². The SMILES string of the molecule is CS(=O)(=O)N(Cc1ccc(C(=O)NCCOc2ccccc2)cc1)c1cc(C(F)(F)F)ccc1Cl. The molecule has 0 spiro atoms. The molecule has 0 bridgehead atoms. The number of amides is 1. The molecule has 0 aliphatic heterocycles. The zero-order chi connectivity index (χ0) is 25.6. The van der Waals surface area contributed by atoms with Crippen molar-refractivity contribution in [3.05, 3.63) is 94.5 Å². The van der Waals surface area contributed by atoms with Crippen molar-refractivity contribution < 1.29 is 31.1 Å². The van der Waals surface area contributed by atoms with Crippen LogP contribution in [-0.4, -0.2) is 33.7 Å². The van der Waals surface area contributed by atoms with Crippen molar-refractivity contribution in [2.24, 2.45) is 0 Å². The van der Waals surface area contributed by atoms with E-state index in [0.29, 0.717) is 22.9 Å². The molecule has 0 atom stereocenters. The van der Waals surface area contributed by atoms with Gasteiger partial charge in [0.1, 0.15) is 12.4 Å². The normalized spacial score (nSPS) is 11.7. The van der Waals surface area contributed by atoms with Crippen LogP contribution in [-0.2, 0) is 22.7 Å². The number of para-hydroxylation sites is 1. The molecule has 0 aliphatic carbocycles. The van der Waals surface area contributed by atoms with Crippen LogP contribution >= 0.6 is 11.6 Å². The highest BCUT2D eigenvalue weighted by atomic mass is 35.5. The topological polar surface area (TPSA) is 75.7 Å². The molecule has 3 aromatic carbocycles. The summed E-state index contributed by atoms with van der Waals surface area (Å²) >= 11 is 6.04. The number of halogens is 4. The third-order valence-electron chi connectivity index (χ3n) is 4.88. The van der Waals surface area contributed by atoms with Gasteiger partial charge in [-0.05, 0) is 48.0 Å². The highest BCUT2D eigenvalue weighted by molar-refractivity contribution is 7.92. The largest absolute Gasteiger partial charge is 0.492 e. The average molecular weight is 527 g/mol. The van der Waals surface area contributed by atoms with Crippen molar-refractivity contribution >= 4 is 33.2 Å². The van der Waals surface area contributed by atoms with E-state index in [2.05, 4.69) is 5.32 Å². The van der Waals surface area contributed by atoms with Crippen LogP contribution < -0.4 is 14.4 Å². The summed E-state index contributed by atoms with van der Waals surface area (Å²) in [6.07, 6.45) is -3.79. The van der Waals surface area contributed by atoms with E-state index in [9.17, 15) is 26.4 Å². The first-order chi connectivity index (χ1) is 16.4. The van der Waals surface area contributed by atoms with Crippen LogP contribution in [0.4, 0.5) is 18.9 Å². The van der Waals surface area contributed by atoms with Gasteiger partial charge in [-0.3, -0.25) is 9.10 Å². The minimum absolute atomic E-state index is 0.142. The second-order valence-corrected chi connectivity index (χ2v) is 9.86. The van der Waals surface area contributed by atoms with Crippen LogP contribution in [0, 0.1) is 0 Å². The Labute approximate surface area is 206 Å². The van der Waals surface area contributed by atoms with E-state index in [0.717, 1.165) is 22.7 Å². The van der Waals surface area contributed by atoms with Crippen molar-refractivity contribution in [1.29, 1.82) is 0 Å². The Kier molecular flexibility index (Phi) is 8.29. The molecule has 0 unspecified atom stereocenters. The van der Waals surface area contributed by atoms with E-state index in [1.165, 1.54) is 24.3 Å². The number of nitrogens with one attached hydrogen (secondary N) is 1. The summed E-state index contributed by atoms with van der Waals surface area (Å²) in [7, 11) is -3.98. The zero-order valence-electron chi connectivity index (χ0n) is 18.5. The van der Waals surface area contributed by atoms with Gasteiger partial charge in [0.15, 0.2) is 0 Å². The second kappa shape index (κ2) is 11.0. The highest BCUT2D eigenvalue weighted by Gasteiger charge is 2.32. The van der Waals surface area contributed by atoms with Crippen molar-refractivity contribution in [3.63, 3.8) is 0 Å². The first-order valence-electron chi connectivity index (χ1n) is 10.3. The van der Waals surface area contributed by atoms with Crippen LogP contribution in [0.15, 0.2) is 72.8 Å². The molecule has 0 aromatic heterocycles. The lowest BCUT2D eigenvalue weighted by molar-refractivity contribution is -0.137. The molecule has 0 saturated carbocycles. The van der Waals surface area contributed by atoms with Crippen molar-refractivity contribution in [3.8, 4) is 5.75 Å². The van der Waals surface area contributed by atoms with Crippen molar-refractivity contribution in [2.45, 2.75) is 12.7 Å². The van der Waals surface area contributed by atoms with E-state index in [1.807, 2.05) is 18.2 Å². The molecule has 186 valence electrons. The summed E-state index contributed by atoms with van der Waals surface area (Å²) in [6.45, 7) is 0.271. The molecule has 6 nitrogen and oxygen atoms in total. The van der Waals surface area contributed by atoms with Crippen LogP contribution in [0.2, 0.25) is 5.02 Å². The summed E-state index contributed by atoms with van der Waals surface area (Å²) in [6, 6.07) is 17.7. The van der Waals surface area contributed by atoms with Crippen LogP contribution in [0.1, 0.15) is 21.5 Å². The summed E-state index contributed by atoms with van der Waals surface area (Å²) in [4.78, 5) is 12.3. The number of hydrogen-bond acceptors (Lipinski definition) is 4. The minimum atomic E-state index is -4.66. The Bertz CT molecular complexity index is 1270. The summed E-state index contributed by atoms with van der Waals surface area (Å²) in [5.74, 6) is 0.330. The maximum atomic E-state index is 13.1. The molecule has 11 heteroatoms. The van der Waals surface area contributed by atoms with Crippen LogP contribution in [0.25, 0.3) is 0 Å². The van der Waals surface area contributed by atoms with Crippen LogP contribution in [0.5, 0.6) is 5.75 Å². The number of sulfonamides is 1. The van der Waals surface area contributed by atoms with E-state index in [1.54, 1.807) is 12.1 Å². The van der Waals surface area contributed by atoms with Gasteiger partial charge in [-0.25, -0.2) is 8.42 Å². The standard InChI is InChI=1S/C24H22ClF3N2O4S/c1-35(32,33)30(22-15-19(24(26,27)28)11-12-21(22)25)16-17-7-9-18(10-8-17)23(31)29-13-14-34-20-5-3-2-4-6-20/h2-12,15H,13-14,16H2,1H3,(H,29,31). The molecular formula is C24H22ClF3N2O4S. The smallest absolute Gasteiger partial charge is 0.416 e. The van der Waals surface area contributed by atoms with E-state index in [-0.39, 0.29) is 36.3 Å². The zero-order valence-corrected chi connectivity index (χ0v) is 20.1. The molecule has 0 fully saturated rings. The predicted molar refractivity (Wildman–Crippen MR) is 128 cm³/mol. The first kappa shape index (κ1) is 26.4. The number of ether oxygens (including phenoxy) is 1. The Morgan fingerprint density at radius 2 is 1.69 bits per heavy atom. The molecule has 1 amide bonds. The fourth-order valence-electron chi connectivity index (χ4n) is 3.14. The molecule has 0 heterocycles. The fraction of sp³-hybridized carbons (Fsp3) is 0.208. The minimum Gasteiger partial charge on any atom is -0.492 e. The predicted octanol–water partition coefficient (Wildman–Crippen LogP) is 5.13. The number of carbonyl (C=O) groups excluding carboxylic acids is 1. The molecule has 0 saturated heterocycles. The number of nitrogens with zero attached hydrogens (tertiary/aromatic N) is 1. The lowest BCUT2D eigenvalue weighted by Crippen LogP contribution is -2.30. The van der Waals surface area contributed by atoms with Gasteiger partial charge in [-0.15, -0.1) is 0 Å². The van der Waals surface area contributed by atoms with Crippen molar-refractivity contribution in [2.75, 3.05) is 23.7 Å². The second-order valence-electron chi connectivity index (χ2n) is 7.55. The average Bonchev–Trinajstić information content (AvgIpc) is 2.80. The quantitative estimate of drug-likeness (QED) is 0.392. The van der Waals surface area contributed by atoms with Gasteiger partial charge in [0, 0.05) is 5.56 Å². The Hall–Kier alpha value is -3.24. The number of benzene rings is 3. The van der Waals surface area contributed by atoms with Gasteiger partial charge in [0.2, 0.25) is 10.0 Å². The summed E-state index contributed by atoms with van der Waals surface area (Å²) in [5.41, 5.74) is -0.526. The number of rotatable bonds is 9. The molecule has 0 radical (unpaired) electrons. The van der Waals surface area contributed by atoms with Crippen LogP contribution in [0.3, 0.4) is 0 Å². The fourth-order valence-corrected chi connectivity index (χ4v) is 4.30. The Morgan fingerprint density at radius 3 is 2.29 bits per heavy atom. The molecular weight excluding hydrogens is 505 g/mol. The Morgan fingerprint density at radius 1 is 1.03 bits per heavy atom. The molecule has 3 aromatic rings. The van der Waals surface area contributed by atoms with Crippen molar-refractivity contribution in [1.82, 2.24) is 5.32 Å². The maximum absolute atomic E-state index is 13.1. The third kappa shape index (κ3) is 7.37. The number of carbonyl (C=O) groups is 1. The number of hydrogen-bond donors (Lipinski definition) is 1. The van der Waals surface area contributed by atoms with Gasteiger partial charge < -0.3 is 10.1 Å².